The van der Waals surface area contributed by atoms with Gasteiger partial charge in [0.1, 0.15) is 13.2 Å². The van der Waals surface area contributed by atoms with Gasteiger partial charge in [-0.05, 0) is 103 Å². The lowest BCUT2D eigenvalue weighted by molar-refractivity contribution is -0.167. The molecule has 0 aliphatic heterocycles. The van der Waals surface area contributed by atoms with E-state index in [1.807, 2.05) is 0 Å². The highest BCUT2D eigenvalue weighted by molar-refractivity contribution is 5.71. The van der Waals surface area contributed by atoms with Crippen molar-refractivity contribution >= 4 is 17.9 Å². The van der Waals surface area contributed by atoms with Crippen LogP contribution in [0.25, 0.3) is 0 Å². The van der Waals surface area contributed by atoms with E-state index in [0.717, 1.165) is 122 Å². The molecule has 0 spiro atoms. The van der Waals surface area contributed by atoms with E-state index in [1.165, 1.54) is 161 Å². The number of hydrogen-bond donors (Lipinski definition) is 0. The van der Waals surface area contributed by atoms with E-state index in [1.54, 1.807) is 0 Å². The summed E-state index contributed by atoms with van der Waals surface area (Å²) in [5.41, 5.74) is 0. The maximum absolute atomic E-state index is 12.9. The quantitative estimate of drug-likeness (QED) is 0.0261. The van der Waals surface area contributed by atoms with Gasteiger partial charge in [0.05, 0.1) is 0 Å². The number of esters is 3. The molecule has 6 heteroatoms. The van der Waals surface area contributed by atoms with Gasteiger partial charge in [0.15, 0.2) is 6.10 Å². The van der Waals surface area contributed by atoms with Crippen LogP contribution in [0.2, 0.25) is 0 Å². The van der Waals surface area contributed by atoms with E-state index < -0.39 is 6.10 Å². The van der Waals surface area contributed by atoms with Gasteiger partial charge in [0, 0.05) is 19.3 Å². The molecule has 78 heavy (non-hydrogen) atoms. The van der Waals surface area contributed by atoms with Crippen LogP contribution in [0.3, 0.4) is 0 Å². The summed E-state index contributed by atoms with van der Waals surface area (Å²) in [4.78, 5) is 38.3. The molecule has 0 aromatic heterocycles. The molecule has 0 aromatic carbocycles. The molecule has 0 heterocycles. The smallest absolute Gasteiger partial charge is 0.306 e. The first-order valence-corrected chi connectivity index (χ1v) is 33.2. The average molecular weight is 1090 g/mol. The minimum absolute atomic E-state index is 0.0797. The van der Waals surface area contributed by atoms with Crippen molar-refractivity contribution in [1.82, 2.24) is 0 Å². The van der Waals surface area contributed by atoms with Gasteiger partial charge in [0.25, 0.3) is 0 Å². The van der Waals surface area contributed by atoms with Crippen LogP contribution in [0.1, 0.15) is 323 Å². The molecule has 0 aliphatic rings. The van der Waals surface area contributed by atoms with Crippen molar-refractivity contribution in [1.29, 1.82) is 0 Å². The molecule has 1 unspecified atom stereocenters. The Bertz CT molecular complexity index is 1530. The van der Waals surface area contributed by atoms with Crippen molar-refractivity contribution in [2.24, 2.45) is 0 Å². The van der Waals surface area contributed by atoms with E-state index in [4.69, 9.17) is 14.2 Å². The molecule has 1 atom stereocenters. The Morgan fingerprint density at radius 1 is 0.269 bits per heavy atom. The van der Waals surface area contributed by atoms with E-state index in [-0.39, 0.29) is 31.1 Å². The molecular weight excluding hydrogens is 961 g/mol. The van der Waals surface area contributed by atoms with Crippen molar-refractivity contribution < 1.29 is 28.6 Å². The molecule has 0 saturated carbocycles. The summed E-state index contributed by atoms with van der Waals surface area (Å²) in [6.45, 7) is 6.52. The average Bonchev–Trinajstić information content (AvgIpc) is 3.44. The van der Waals surface area contributed by atoms with Gasteiger partial charge in [-0.3, -0.25) is 14.4 Å². The number of unbranched alkanes of at least 4 members (excludes halogenated alkanes) is 33. The Hall–Kier alpha value is -3.67. The first kappa shape index (κ1) is 74.3. The normalized spacial score (nSPS) is 12.7. The fourth-order valence-electron chi connectivity index (χ4n) is 9.36. The van der Waals surface area contributed by atoms with E-state index >= 15 is 0 Å². The summed E-state index contributed by atoms with van der Waals surface area (Å²) in [7, 11) is 0. The molecule has 0 saturated heterocycles. The van der Waals surface area contributed by atoms with E-state index in [2.05, 4.69) is 118 Å². The largest absolute Gasteiger partial charge is 0.462 e. The predicted octanol–water partition coefficient (Wildman–Crippen LogP) is 22.8. The zero-order chi connectivity index (χ0) is 56.4. The summed E-state index contributed by atoms with van der Waals surface area (Å²) < 4.78 is 16.9. The predicted molar refractivity (Wildman–Crippen MR) is 339 cm³/mol. The fourth-order valence-corrected chi connectivity index (χ4v) is 9.36. The molecule has 0 aromatic rings. The lowest BCUT2D eigenvalue weighted by atomic mass is 10.0. The van der Waals surface area contributed by atoms with Crippen LogP contribution < -0.4 is 0 Å². The first-order valence-electron chi connectivity index (χ1n) is 33.2. The second kappa shape index (κ2) is 65.8. The van der Waals surface area contributed by atoms with Crippen LogP contribution in [0.4, 0.5) is 0 Å². The monoisotopic (exact) mass is 1080 g/mol. The van der Waals surface area contributed by atoms with Crippen molar-refractivity contribution in [3.05, 3.63) is 97.2 Å². The topological polar surface area (TPSA) is 78.9 Å². The molecule has 0 aliphatic carbocycles. The van der Waals surface area contributed by atoms with E-state index in [0.29, 0.717) is 19.3 Å². The first-order chi connectivity index (χ1) is 38.5. The SMILES string of the molecule is CC/C=C\C/C=C\C/C=C\C/C=C\C/C=C\C/C=C\CCCCCCCCCCCCCCC(=O)OCC(COC(=O)CCCCCCCCCCCCCCC)OC(=O)CCCCCCC/C=C\C/C=C\CCCCCC. The van der Waals surface area contributed by atoms with Gasteiger partial charge in [-0.2, -0.15) is 0 Å². The van der Waals surface area contributed by atoms with Gasteiger partial charge >= 0.3 is 17.9 Å². The van der Waals surface area contributed by atoms with Gasteiger partial charge in [-0.25, -0.2) is 0 Å². The number of rotatable bonds is 60. The molecule has 0 bridgehead atoms. The number of ether oxygens (including phenoxy) is 3. The highest BCUT2D eigenvalue weighted by atomic mass is 16.6. The van der Waals surface area contributed by atoms with Crippen LogP contribution in [0.5, 0.6) is 0 Å². The summed E-state index contributed by atoms with van der Waals surface area (Å²) in [5.74, 6) is -0.883. The van der Waals surface area contributed by atoms with Gasteiger partial charge in [-0.1, -0.05) is 298 Å². The van der Waals surface area contributed by atoms with Crippen LogP contribution in [0.15, 0.2) is 97.2 Å². The number of hydrogen-bond acceptors (Lipinski definition) is 6. The standard InChI is InChI=1S/C72H124O6/c1-4-7-10-13-16-19-22-25-27-29-30-31-32-33-34-35-36-37-38-39-40-41-42-43-45-47-50-53-56-59-62-65-71(74)77-68-69(67-76-70(73)64-61-58-55-52-49-46-24-21-18-15-12-9-6-3)78-72(75)66-63-60-57-54-51-48-44-28-26-23-20-17-14-11-8-5-2/h7,10,16,19-20,23,25,27-28,30-31,33-34,36-37,44,69H,4-6,8-9,11-15,17-18,21-22,24,26,29,32,35,38-43,45-68H2,1-3H3/b10-7-,19-16-,23-20-,27-25-,31-30-,34-33-,37-36-,44-28-. The van der Waals surface area contributed by atoms with Crippen LogP contribution >= 0.6 is 0 Å². The number of allylic oxidation sites excluding steroid dienone is 16. The molecular formula is C72H124O6. The Kier molecular flexibility index (Phi) is 62.7. The van der Waals surface area contributed by atoms with Gasteiger partial charge in [0.2, 0.25) is 0 Å². The third kappa shape index (κ3) is 63.2. The number of carbonyl (C=O) groups excluding carboxylic acids is 3. The molecule has 0 N–H and O–H groups in total. The second-order valence-corrected chi connectivity index (χ2v) is 22.0. The van der Waals surface area contributed by atoms with E-state index in [9.17, 15) is 14.4 Å². The maximum atomic E-state index is 12.9. The lowest BCUT2D eigenvalue weighted by Gasteiger charge is -2.18. The van der Waals surface area contributed by atoms with Crippen molar-refractivity contribution in [2.45, 2.75) is 329 Å². The van der Waals surface area contributed by atoms with Crippen LogP contribution in [-0.4, -0.2) is 37.2 Å². The minimum atomic E-state index is -0.784. The Morgan fingerprint density at radius 3 is 0.795 bits per heavy atom. The molecule has 0 amide bonds. The Labute approximate surface area is 483 Å². The lowest BCUT2D eigenvalue weighted by Crippen LogP contribution is -2.30. The third-order valence-corrected chi connectivity index (χ3v) is 14.3. The van der Waals surface area contributed by atoms with Crippen molar-refractivity contribution in [2.75, 3.05) is 13.2 Å². The molecule has 0 radical (unpaired) electrons. The summed E-state index contributed by atoms with van der Waals surface area (Å²) in [5, 5.41) is 0. The Morgan fingerprint density at radius 2 is 0.500 bits per heavy atom. The zero-order valence-corrected chi connectivity index (χ0v) is 51.4. The highest BCUT2D eigenvalue weighted by Crippen LogP contribution is 2.17. The fraction of sp³-hybridized carbons (Fsp3) is 0.736. The molecule has 6 nitrogen and oxygen atoms in total. The van der Waals surface area contributed by atoms with Gasteiger partial charge in [-0.15, -0.1) is 0 Å². The summed E-state index contributed by atoms with van der Waals surface area (Å²) in [6.07, 6.45) is 88.5. The molecule has 0 fully saturated rings. The number of carbonyl (C=O) groups is 3. The minimum Gasteiger partial charge on any atom is -0.462 e. The van der Waals surface area contributed by atoms with Crippen molar-refractivity contribution in [3.63, 3.8) is 0 Å². The maximum Gasteiger partial charge on any atom is 0.306 e. The van der Waals surface area contributed by atoms with Crippen LogP contribution in [-0.2, 0) is 28.6 Å². The summed E-state index contributed by atoms with van der Waals surface area (Å²) >= 11 is 0. The molecule has 0 rings (SSSR count). The van der Waals surface area contributed by atoms with Gasteiger partial charge < -0.3 is 14.2 Å². The zero-order valence-electron chi connectivity index (χ0n) is 51.4. The summed E-state index contributed by atoms with van der Waals surface area (Å²) in [6, 6.07) is 0. The van der Waals surface area contributed by atoms with Crippen LogP contribution in [0, 0.1) is 0 Å². The molecule has 448 valence electrons. The highest BCUT2D eigenvalue weighted by Gasteiger charge is 2.19. The van der Waals surface area contributed by atoms with Crippen molar-refractivity contribution in [3.8, 4) is 0 Å². The Balaban J connectivity index is 4.24. The second-order valence-electron chi connectivity index (χ2n) is 22.0. The third-order valence-electron chi connectivity index (χ3n) is 14.3.